The molecule has 2 N–H and O–H groups in total. The molecule has 1 aliphatic rings. The summed E-state index contributed by atoms with van der Waals surface area (Å²) in [5.74, 6) is -0.109. The zero-order valence-electron chi connectivity index (χ0n) is 12.9. The minimum atomic E-state index is -0.109. The summed E-state index contributed by atoms with van der Waals surface area (Å²) < 4.78 is 6.37. The molecule has 0 aliphatic heterocycles. The third-order valence-electron chi connectivity index (χ3n) is 4.36. The fourth-order valence-corrected chi connectivity index (χ4v) is 2.85. The first-order valence-electron chi connectivity index (χ1n) is 7.57. The van der Waals surface area contributed by atoms with E-state index in [0.29, 0.717) is 10.2 Å². The molecule has 0 aromatic carbocycles. The molecule has 21 heavy (non-hydrogen) atoms. The van der Waals surface area contributed by atoms with Crippen molar-refractivity contribution >= 4 is 18.1 Å². The van der Waals surface area contributed by atoms with Crippen LogP contribution < -0.4 is 5.32 Å². The Morgan fingerprint density at radius 1 is 1.57 bits per heavy atom. The third kappa shape index (κ3) is 3.52. The van der Waals surface area contributed by atoms with Gasteiger partial charge < -0.3 is 15.0 Å². The van der Waals surface area contributed by atoms with Gasteiger partial charge in [0.05, 0.1) is 11.7 Å². The highest BCUT2D eigenvalue weighted by Gasteiger charge is 2.49. The molecule has 0 saturated heterocycles. The summed E-state index contributed by atoms with van der Waals surface area (Å²) in [7, 11) is 0. The fraction of sp³-hybridized carbons (Fsp3) is 0.625. The highest BCUT2D eigenvalue weighted by atomic mass is 32.1. The Kier molecular flexibility index (Phi) is 5.17. The maximum atomic E-state index is 12.3. The molecule has 0 bridgehead atoms. The second-order valence-electron chi connectivity index (χ2n) is 6.21. The molecule has 2 atom stereocenters. The topological polar surface area (TPSA) is 54.1 Å². The monoisotopic (exact) mass is 308 g/mol. The van der Waals surface area contributed by atoms with Crippen molar-refractivity contribution in [2.24, 2.45) is 5.41 Å². The molecule has 1 aromatic rings. The Labute approximate surface area is 131 Å². The van der Waals surface area contributed by atoms with E-state index in [1.807, 2.05) is 0 Å². The quantitative estimate of drug-likeness (QED) is 0.625. The molecular formula is C16H24N2O2S. The van der Waals surface area contributed by atoms with Crippen molar-refractivity contribution < 1.29 is 9.53 Å². The number of carbonyl (C=O) groups excluding carboxylic acids is 1. The number of unbranched alkanes of at least 4 members (excludes halogenated alkanes) is 1. The SMILES string of the molecule is CCCCO[C@H]1C[C@H](NC(=O)c2ccc[nH]c2=S)C1(C)C. The zero-order chi connectivity index (χ0) is 15.5. The van der Waals surface area contributed by atoms with Gasteiger partial charge in [-0.2, -0.15) is 0 Å². The lowest BCUT2D eigenvalue weighted by molar-refractivity contribution is -0.115. The van der Waals surface area contributed by atoms with E-state index in [1.54, 1.807) is 18.3 Å². The lowest BCUT2D eigenvalue weighted by atomic mass is 9.64. The lowest BCUT2D eigenvalue weighted by Crippen LogP contribution is -2.62. The number of pyridine rings is 1. The number of aromatic amines is 1. The minimum Gasteiger partial charge on any atom is -0.378 e. The molecule has 0 radical (unpaired) electrons. The van der Waals surface area contributed by atoms with Crippen LogP contribution in [0.3, 0.4) is 0 Å². The van der Waals surface area contributed by atoms with Crippen molar-refractivity contribution in [3.8, 4) is 0 Å². The number of hydrogen-bond acceptors (Lipinski definition) is 3. The van der Waals surface area contributed by atoms with E-state index in [4.69, 9.17) is 17.0 Å². The summed E-state index contributed by atoms with van der Waals surface area (Å²) >= 11 is 5.15. The van der Waals surface area contributed by atoms with Gasteiger partial charge >= 0.3 is 0 Å². The van der Waals surface area contributed by atoms with Gasteiger partial charge in [0.1, 0.15) is 4.64 Å². The Morgan fingerprint density at radius 3 is 2.95 bits per heavy atom. The van der Waals surface area contributed by atoms with Crippen LogP contribution in [0.1, 0.15) is 50.4 Å². The zero-order valence-corrected chi connectivity index (χ0v) is 13.8. The molecule has 1 heterocycles. The maximum absolute atomic E-state index is 12.3. The Bertz CT molecular complexity index is 553. The van der Waals surface area contributed by atoms with Gasteiger partial charge in [0, 0.05) is 24.3 Å². The number of hydrogen-bond donors (Lipinski definition) is 2. The van der Waals surface area contributed by atoms with Gasteiger partial charge in [-0.05, 0) is 25.0 Å². The number of amides is 1. The van der Waals surface area contributed by atoms with Gasteiger partial charge in [0.2, 0.25) is 0 Å². The summed E-state index contributed by atoms with van der Waals surface area (Å²) in [5.41, 5.74) is 0.488. The molecule has 1 saturated carbocycles. The van der Waals surface area contributed by atoms with E-state index in [-0.39, 0.29) is 23.5 Å². The van der Waals surface area contributed by atoms with Gasteiger partial charge in [0.25, 0.3) is 5.91 Å². The summed E-state index contributed by atoms with van der Waals surface area (Å²) in [6, 6.07) is 3.66. The van der Waals surface area contributed by atoms with Crippen molar-refractivity contribution in [2.45, 2.75) is 52.2 Å². The van der Waals surface area contributed by atoms with Crippen LogP contribution in [0.2, 0.25) is 0 Å². The van der Waals surface area contributed by atoms with E-state index >= 15 is 0 Å². The first-order chi connectivity index (χ1) is 9.96. The van der Waals surface area contributed by atoms with E-state index in [1.165, 1.54) is 0 Å². The second-order valence-corrected chi connectivity index (χ2v) is 6.62. The highest BCUT2D eigenvalue weighted by Crippen LogP contribution is 2.42. The van der Waals surface area contributed by atoms with Crippen molar-refractivity contribution in [1.82, 2.24) is 10.3 Å². The number of H-pyrrole nitrogens is 1. The van der Waals surface area contributed by atoms with Gasteiger partial charge in [-0.3, -0.25) is 4.79 Å². The van der Waals surface area contributed by atoms with Crippen LogP contribution in [0.5, 0.6) is 0 Å². The first-order valence-corrected chi connectivity index (χ1v) is 7.97. The standard InChI is InChI=1S/C16H24N2O2S/c1-4-5-9-20-13-10-12(16(13,2)3)18-14(19)11-7-6-8-17-15(11)21/h6-8,12-13H,4-5,9-10H2,1-3H3,(H,17,21)(H,18,19)/t12-,13-/m0/s1. The lowest BCUT2D eigenvalue weighted by Gasteiger charge is -2.51. The Hall–Kier alpha value is -1.20. The van der Waals surface area contributed by atoms with Crippen LogP contribution in [0.25, 0.3) is 0 Å². The van der Waals surface area contributed by atoms with Gasteiger partial charge in [-0.15, -0.1) is 0 Å². The van der Waals surface area contributed by atoms with Crippen molar-refractivity contribution in [1.29, 1.82) is 0 Å². The molecule has 0 spiro atoms. The molecule has 2 rings (SSSR count). The molecule has 1 aromatic heterocycles. The largest absolute Gasteiger partial charge is 0.378 e. The Balaban J connectivity index is 1.92. The van der Waals surface area contributed by atoms with E-state index < -0.39 is 0 Å². The van der Waals surface area contributed by atoms with Crippen molar-refractivity contribution in [3.63, 3.8) is 0 Å². The van der Waals surface area contributed by atoms with Crippen molar-refractivity contribution in [3.05, 3.63) is 28.5 Å². The Morgan fingerprint density at radius 2 is 2.33 bits per heavy atom. The molecule has 116 valence electrons. The number of ether oxygens (including phenoxy) is 1. The molecule has 1 amide bonds. The van der Waals surface area contributed by atoms with Crippen LogP contribution in [-0.2, 0) is 4.74 Å². The van der Waals surface area contributed by atoms with Crippen molar-refractivity contribution in [2.75, 3.05) is 6.61 Å². The van der Waals surface area contributed by atoms with Crippen LogP contribution in [0.15, 0.2) is 18.3 Å². The normalized spacial score (nSPS) is 23.4. The number of nitrogens with one attached hydrogen (secondary N) is 2. The van der Waals surface area contributed by atoms with Crippen LogP contribution in [0.4, 0.5) is 0 Å². The summed E-state index contributed by atoms with van der Waals surface area (Å²) in [6.45, 7) is 7.24. The number of rotatable bonds is 6. The fourth-order valence-electron chi connectivity index (χ4n) is 2.62. The molecular weight excluding hydrogens is 284 g/mol. The van der Waals surface area contributed by atoms with E-state index in [2.05, 4.69) is 31.1 Å². The second kappa shape index (κ2) is 6.71. The van der Waals surface area contributed by atoms with Gasteiger partial charge in [0.15, 0.2) is 0 Å². The maximum Gasteiger partial charge on any atom is 0.254 e. The van der Waals surface area contributed by atoms with E-state index in [9.17, 15) is 4.79 Å². The molecule has 1 aliphatic carbocycles. The summed E-state index contributed by atoms with van der Waals surface area (Å²) in [6.07, 6.45) is 5.04. The number of carbonyl (C=O) groups is 1. The van der Waals surface area contributed by atoms with Gasteiger partial charge in [-0.1, -0.05) is 39.4 Å². The van der Waals surface area contributed by atoms with Crippen LogP contribution in [0, 0.1) is 10.1 Å². The summed E-state index contributed by atoms with van der Waals surface area (Å²) in [5, 5.41) is 3.08. The number of aromatic nitrogens is 1. The predicted molar refractivity (Wildman–Crippen MR) is 85.9 cm³/mol. The summed E-state index contributed by atoms with van der Waals surface area (Å²) in [4.78, 5) is 15.2. The van der Waals surface area contributed by atoms with Crippen LogP contribution >= 0.6 is 12.2 Å². The van der Waals surface area contributed by atoms with Gasteiger partial charge in [-0.25, -0.2) is 0 Å². The smallest absolute Gasteiger partial charge is 0.254 e. The molecule has 1 fully saturated rings. The predicted octanol–water partition coefficient (Wildman–Crippen LogP) is 3.46. The third-order valence-corrected chi connectivity index (χ3v) is 4.70. The molecule has 0 unspecified atom stereocenters. The highest BCUT2D eigenvalue weighted by molar-refractivity contribution is 7.71. The van der Waals surface area contributed by atoms with E-state index in [0.717, 1.165) is 25.9 Å². The first kappa shape index (κ1) is 16.2. The average Bonchev–Trinajstić information content (AvgIpc) is 2.45. The molecule has 5 heteroatoms. The van der Waals surface area contributed by atoms with Crippen LogP contribution in [-0.4, -0.2) is 29.6 Å². The molecule has 4 nitrogen and oxygen atoms in total. The minimum absolute atomic E-state index is 0.0382. The average molecular weight is 308 g/mol.